The molecule has 2 heterocycles. The van der Waals surface area contributed by atoms with Crippen molar-refractivity contribution in [3.8, 4) is 0 Å². The molecule has 2 aromatic carbocycles. The molecule has 1 aliphatic rings. The summed E-state index contributed by atoms with van der Waals surface area (Å²) in [6, 6.07) is 15.3. The lowest BCUT2D eigenvalue weighted by atomic mass is 10.2. The molecule has 0 radical (unpaired) electrons. The van der Waals surface area contributed by atoms with Gasteiger partial charge in [0.1, 0.15) is 0 Å². The molecular weight excluding hydrogens is 468 g/mol. The first kappa shape index (κ1) is 24.8. The Hall–Kier alpha value is -2.30. The molecule has 0 spiro atoms. The topological polar surface area (TPSA) is 61.9 Å². The van der Waals surface area contributed by atoms with E-state index in [-0.39, 0.29) is 4.90 Å². The van der Waals surface area contributed by atoms with Crippen LogP contribution in [0.15, 0.2) is 63.9 Å². The van der Waals surface area contributed by atoms with Gasteiger partial charge in [0.25, 0.3) is 4.84 Å². The number of aromatic nitrogens is 1. The maximum atomic E-state index is 13.0. The summed E-state index contributed by atoms with van der Waals surface area (Å²) in [5.74, 6) is 0. The lowest BCUT2D eigenvalue weighted by molar-refractivity contribution is 0.115. The van der Waals surface area contributed by atoms with Gasteiger partial charge in [0.2, 0.25) is 10.0 Å². The smallest absolute Gasteiger partial charge is 0.270 e. The molecule has 182 valence electrons. The van der Waals surface area contributed by atoms with Crippen molar-refractivity contribution >= 4 is 39.4 Å². The van der Waals surface area contributed by atoms with Crippen LogP contribution < -0.4 is 0 Å². The Morgan fingerprint density at radius 2 is 1.68 bits per heavy atom. The number of benzene rings is 2. The van der Waals surface area contributed by atoms with Crippen LogP contribution in [0.3, 0.4) is 0 Å². The van der Waals surface area contributed by atoms with Crippen molar-refractivity contribution in [2.24, 2.45) is 0 Å². The van der Waals surface area contributed by atoms with E-state index in [4.69, 9.17) is 16.6 Å². The molecule has 9 heteroatoms. The average Bonchev–Trinajstić information content (AvgIpc) is 3.15. The number of hydrogen-bond acceptors (Lipinski definition) is 6. The van der Waals surface area contributed by atoms with Crippen molar-refractivity contribution in [2.75, 3.05) is 45.8 Å². The summed E-state index contributed by atoms with van der Waals surface area (Å²) in [5.41, 5.74) is 2.53. The van der Waals surface area contributed by atoms with Crippen molar-refractivity contribution in [3.63, 3.8) is 0 Å². The Balaban J connectivity index is 1.43. The minimum Gasteiger partial charge on any atom is -0.429 e. The summed E-state index contributed by atoms with van der Waals surface area (Å²) in [6.45, 7) is 9.78. The zero-order chi connectivity index (χ0) is 24.1. The van der Waals surface area contributed by atoms with E-state index in [1.54, 1.807) is 18.2 Å². The van der Waals surface area contributed by atoms with E-state index in [2.05, 4.69) is 34.1 Å². The molecule has 0 unspecified atom stereocenters. The predicted molar refractivity (Wildman–Crippen MR) is 139 cm³/mol. The largest absolute Gasteiger partial charge is 0.429 e. The summed E-state index contributed by atoms with van der Waals surface area (Å²) < 4.78 is 35.1. The molecule has 1 aromatic heterocycles. The summed E-state index contributed by atoms with van der Waals surface area (Å²) in [5, 5.41) is 0. The third-order valence-corrected chi connectivity index (χ3v) is 8.61. The Morgan fingerprint density at radius 1 is 1.00 bits per heavy atom. The Labute approximate surface area is 206 Å². The third kappa shape index (κ3) is 5.50. The van der Waals surface area contributed by atoms with E-state index in [9.17, 15) is 8.42 Å². The van der Waals surface area contributed by atoms with Gasteiger partial charge in [-0.1, -0.05) is 56.3 Å². The van der Waals surface area contributed by atoms with Gasteiger partial charge in [-0.3, -0.25) is 14.4 Å². The first-order chi connectivity index (χ1) is 16.4. The minimum atomic E-state index is -3.55. The molecule has 3 aromatic rings. The molecule has 4 rings (SSSR count). The highest BCUT2D eigenvalue weighted by molar-refractivity contribution is 7.89. The summed E-state index contributed by atoms with van der Waals surface area (Å²) in [7, 11) is -3.55. The van der Waals surface area contributed by atoms with Gasteiger partial charge < -0.3 is 4.42 Å². The van der Waals surface area contributed by atoms with Crippen LogP contribution in [0.2, 0.25) is 0 Å². The molecule has 0 saturated carbocycles. The van der Waals surface area contributed by atoms with E-state index in [1.165, 1.54) is 9.87 Å². The Kier molecular flexibility index (Phi) is 8.00. The van der Waals surface area contributed by atoms with Crippen LogP contribution in [-0.2, 0) is 16.7 Å². The van der Waals surface area contributed by atoms with Crippen LogP contribution in [-0.4, -0.2) is 72.9 Å². The number of nitrogens with zero attached hydrogens (tertiary/aromatic N) is 4. The van der Waals surface area contributed by atoms with Crippen LogP contribution in [0.5, 0.6) is 0 Å². The number of piperazine rings is 1. The van der Waals surface area contributed by atoms with Crippen molar-refractivity contribution in [1.82, 2.24) is 18.7 Å². The molecule has 1 fully saturated rings. The van der Waals surface area contributed by atoms with Crippen molar-refractivity contribution < 1.29 is 12.8 Å². The fourth-order valence-electron chi connectivity index (χ4n) is 4.26. The second kappa shape index (κ2) is 11.0. The standard InChI is InChI=1S/C25H32N4O3S2/c1-3-28(4-2)34(30,31)22-12-13-24-23(19-22)29(25(33)32-24)20-27-17-15-26(16-18-27)14-8-11-21-9-6-5-7-10-21/h5-13,19H,3-4,14-18,20H2,1-2H3/b11-8+. The Morgan fingerprint density at radius 3 is 2.35 bits per heavy atom. The SMILES string of the molecule is CCN(CC)S(=O)(=O)c1ccc2oc(=S)n(CN3CCN(C/C=C/c4ccccc4)CC3)c2c1. The average molecular weight is 501 g/mol. The third-order valence-electron chi connectivity index (χ3n) is 6.26. The maximum absolute atomic E-state index is 13.0. The second-order valence-electron chi connectivity index (χ2n) is 8.39. The zero-order valence-corrected chi connectivity index (χ0v) is 21.4. The van der Waals surface area contributed by atoms with E-state index < -0.39 is 10.0 Å². The molecular formula is C25H32N4O3S2. The summed E-state index contributed by atoms with van der Waals surface area (Å²) in [4.78, 5) is 5.38. The fourth-order valence-corrected chi connectivity index (χ4v) is 5.99. The van der Waals surface area contributed by atoms with E-state index in [1.807, 2.05) is 36.6 Å². The van der Waals surface area contributed by atoms with Crippen LogP contribution in [0.4, 0.5) is 0 Å². The van der Waals surface area contributed by atoms with Gasteiger partial charge in [-0.2, -0.15) is 4.31 Å². The zero-order valence-electron chi connectivity index (χ0n) is 19.8. The predicted octanol–water partition coefficient (Wildman–Crippen LogP) is 4.28. The van der Waals surface area contributed by atoms with Gasteiger partial charge in [0.15, 0.2) is 5.58 Å². The molecule has 0 amide bonds. The maximum Gasteiger partial charge on any atom is 0.270 e. The van der Waals surface area contributed by atoms with Gasteiger partial charge in [-0.25, -0.2) is 8.42 Å². The second-order valence-corrected chi connectivity index (χ2v) is 10.7. The van der Waals surface area contributed by atoms with Gasteiger partial charge in [-0.15, -0.1) is 0 Å². The summed E-state index contributed by atoms with van der Waals surface area (Å²) >= 11 is 5.47. The van der Waals surface area contributed by atoms with Crippen LogP contribution in [0.1, 0.15) is 19.4 Å². The Bertz CT molecular complexity index is 1290. The molecule has 0 aliphatic carbocycles. The number of rotatable bonds is 9. The number of fused-ring (bicyclic) bond motifs is 1. The lowest BCUT2D eigenvalue weighted by Gasteiger charge is -2.34. The van der Waals surface area contributed by atoms with Crippen LogP contribution in [0, 0.1) is 4.84 Å². The highest BCUT2D eigenvalue weighted by Gasteiger charge is 2.24. The van der Waals surface area contributed by atoms with Crippen LogP contribution in [0.25, 0.3) is 17.2 Å². The molecule has 1 aliphatic heterocycles. The van der Waals surface area contributed by atoms with Gasteiger partial charge in [-0.05, 0) is 36.0 Å². The molecule has 0 atom stereocenters. The van der Waals surface area contributed by atoms with E-state index >= 15 is 0 Å². The molecule has 7 nitrogen and oxygen atoms in total. The van der Waals surface area contributed by atoms with Gasteiger partial charge >= 0.3 is 0 Å². The number of oxazole rings is 1. The summed E-state index contributed by atoms with van der Waals surface area (Å²) in [6.07, 6.45) is 4.37. The van der Waals surface area contributed by atoms with Crippen molar-refractivity contribution in [1.29, 1.82) is 0 Å². The fraction of sp³-hybridized carbons (Fsp3) is 0.400. The minimum absolute atomic E-state index is 0.267. The van der Waals surface area contributed by atoms with Crippen LogP contribution >= 0.6 is 12.2 Å². The molecule has 0 N–H and O–H groups in total. The number of hydrogen-bond donors (Lipinski definition) is 0. The monoisotopic (exact) mass is 500 g/mol. The molecule has 34 heavy (non-hydrogen) atoms. The molecule has 0 bridgehead atoms. The first-order valence-corrected chi connectivity index (χ1v) is 13.6. The quantitative estimate of drug-likeness (QED) is 0.409. The highest BCUT2D eigenvalue weighted by Crippen LogP contribution is 2.24. The first-order valence-electron chi connectivity index (χ1n) is 11.7. The van der Waals surface area contributed by atoms with E-state index in [0.717, 1.165) is 32.7 Å². The van der Waals surface area contributed by atoms with Crippen molar-refractivity contribution in [2.45, 2.75) is 25.4 Å². The van der Waals surface area contributed by atoms with E-state index in [0.29, 0.717) is 35.7 Å². The van der Waals surface area contributed by atoms with Gasteiger partial charge in [0.05, 0.1) is 17.1 Å². The van der Waals surface area contributed by atoms with Crippen molar-refractivity contribution in [3.05, 3.63) is 65.0 Å². The highest BCUT2D eigenvalue weighted by atomic mass is 32.2. The lowest BCUT2D eigenvalue weighted by Crippen LogP contribution is -2.46. The normalized spacial score (nSPS) is 16.2. The number of sulfonamides is 1. The molecule has 1 saturated heterocycles. The van der Waals surface area contributed by atoms with Gasteiger partial charge in [0, 0.05) is 45.8 Å².